The largest absolute Gasteiger partial charge is 0.494 e. The van der Waals surface area contributed by atoms with Crippen LogP contribution in [0, 0.1) is 5.92 Å². The molecule has 0 spiro atoms. The highest BCUT2D eigenvalue weighted by Crippen LogP contribution is 2.44. The molecule has 6 heterocycles. The number of anilines is 5. The number of carbonyl (C=O) groups excluding carboxylic acids is 3. The van der Waals surface area contributed by atoms with Gasteiger partial charge in [0.2, 0.25) is 23.7 Å². The van der Waals surface area contributed by atoms with Gasteiger partial charge < -0.3 is 39.8 Å². The van der Waals surface area contributed by atoms with Crippen LogP contribution in [0.3, 0.4) is 0 Å². The van der Waals surface area contributed by atoms with Crippen molar-refractivity contribution in [3.8, 4) is 16.9 Å². The maximum atomic E-state index is 14.0. The molecule has 4 N–H and O–H groups in total. The molecule has 3 amide bonds. The molecule has 20 heteroatoms. The number of aryl methyl sites for hydroxylation is 1. The Kier molecular flexibility index (Phi) is 13.3. The number of carbonyl (C=O) groups is 3. The third kappa shape index (κ3) is 10.1. The highest BCUT2D eigenvalue weighted by Gasteiger charge is 2.44. The van der Waals surface area contributed by atoms with Gasteiger partial charge in [-0.2, -0.15) is 10.1 Å². The zero-order chi connectivity index (χ0) is 46.9. The average Bonchev–Trinajstić information content (AvgIpc) is 3.75. The lowest BCUT2D eigenvalue weighted by Gasteiger charge is -2.45. The molecular weight excluding hydrogens is 939 g/mol. The number of benzene rings is 2. The molecule has 3 aliphatic heterocycles. The topological polar surface area (TPSA) is 211 Å². The van der Waals surface area contributed by atoms with Gasteiger partial charge in [0.05, 0.1) is 64.5 Å². The molecule has 3 saturated heterocycles. The third-order valence-electron chi connectivity index (χ3n) is 12.9. The number of hydrogen-bond acceptors (Lipinski definition) is 15. The van der Waals surface area contributed by atoms with E-state index in [4.69, 9.17) is 14.5 Å². The zero-order valence-corrected chi connectivity index (χ0v) is 40.3. The Hall–Kier alpha value is -6.01. The normalized spacial score (nSPS) is 21.4. The first-order valence-corrected chi connectivity index (χ1v) is 25.8. The van der Waals surface area contributed by atoms with E-state index in [9.17, 15) is 18.9 Å². The fraction of sp³-hybridized carbons (Fsp3) is 0.404. The van der Waals surface area contributed by atoms with Crippen LogP contribution in [0.5, 0.6) is 5.75 Å². The number of hydrogen-bond donors (Lipinski definition) is 4. The van der Waals surface area contributed by atoms with Gasteiger partial charge in [0.25, 0.3) is 0 Å². The van der Waals surface area contributed by atoms with E-state index in [0.717, 1.165) is 36.2 Å². The first-order chi connectivity index (χ1) is 32.2. The second-order valence-electron chi connectivity index (χ2n) is 17.9. The van der Waals surface area contributed by atoms with Crippen LogP contribution in [-0.2, 0) is 30.7 Å². The Bertz CT molecular complexity index is 2810. The molecule has 0 radical (unpaired) electrons. The minimum Gasteiger partial charge on any atom is -0.494 e. The average molecular weight is 994 g/mol. The molecule has 3 fully saturated rings. The number of rotatable bonds is 13. The monoisotopic (exact) mass is 992 g/mol. The van der Waals surface area contributed by atoms with Crippen molar-refractivity contribution in [1.82, 2.24) is 45.2 Å². The van der Waals surface area contributed by atoms with Gasteiger partial charge in [0.15, 0.2) is 0 Å². The first kappa shape index (κ1) is 46.1. The number of fused-ring (bicyclic) bond motifs is 1. The van der Waals surface area contributed by atoms with Crippen LogP contribution in [0.4, 0.5) is 28.8 Å². The summed E-state index contributed by atoms with van der Waals surface area (Å²) in [5.41, 5.74) is 4.55. The second-order valence-corrected chi connectivity index (χ2v) is 21.9. The Labute approximate surface area is 396 Å². The number of imide groups is 1. The molecule has 350 valence electrons. The molecular formula is C47H54BrN12O6P. The van der Waals surface area contributed by atoms with Crippen molar-refractivity contribution in [3.63, 3.8) is 0 Å². The summed E-state index contributed by atoms with van der Waals surface area (Å²) in [6.45, 7) is 6.45. The SMILES string of the molecule is COc1cc(N2CCN(C(=O)CC3CC(C4(OC5CC(=O)NC(=O)C5)C=CC=CC4)CCN3)CC2)c(-c2cnn(C)c2)cc1Nc1ncc(Br)c(Nc2ccc3nccnc3c2P(C)(C)=O)n1. The Morgan fingerprint density at radius 1 is 1.00 bits per heavy atom. The number of piperidine rings is 2. The van der Waals surface area contributed by atoms with Gasteiger partial charge in [-0.25, -0.2) is 4.98 Å². The van der Waals surface area contributed by atoms with E-state index in [0.29, 0.717) is 88.7 Å². The molecule has 3 atom stereocenters. The lowest BCUT2D eigenvalue weighted by atomic mass is 9.74. The van der Waals surface area contributed by atoms with Crippen LogP contribution in [-0.4, -0.2) is 123 Å². The number of nitrogens with one attached hydrogen (secondary N) is 4. The molecule has 5 aromatic rings. The Morgan fingerprint density at radius 3 is 2.51 bits per heavy atom. The molecule has 2 aromatic carbocycles. The number of halogens is 1. The summed E-state index contributed by atoms with van der Waals surface area (Å²) in [6.07, 6.45) is 19.2. The van der Waals surface area contributed by atoms with E-state index in [1.807, 2.05) is 60.8 Å². The fourth-order valence-corrected chi connectivity index (χ4v) is 11.4. The maximum absolute atomic E-state index is 14.0. The molecule has 3 unspecified atom stereocenters. The number of nitrogens with zero attached hydrogens (tertiary/aromatic N) is 8. The number of allylic oxidation sites excluding steroid dienone is 2. The summed E-state index contributed by atoms with van der Waals surface area (Å²) >= 11 is 3.59. The number of amides is 3. The molecule has 1 aliphatic carbocycles. The molecule has 0 bridgehead atoms. The summed E-state index contributed by atoms with van der Waals surface area (Å²) in [7, 11) is 0.669. The van der Waals surface area contributed by atoms with Crippen molar-refractivity contribution in [1.29, 1.82) is 0 Å². The van der Waals surface area contributed by atoms with Crippen molar-refractivity contribution in [3.05, 3.63) is 84.0 Å². The van der Waals surface area contributed by atoms with Gasteiger partial charge in [-0.3, -0.25) is 34.4 Å². The zero-order valence-electron chi connectivity index (χ0n) is 37.9. The number of aromatic nitrogens is 6. The van der Waals surface area contributed by atoms with Crippen molar-refractivity contribution < 1.29 is 28.4 Å². The van der Waals surface area contributed by atoms with Crippen LogP contribution in [0.2, 0.25) is 0 Å². The van der Waals surface area contributed by atoms with E-state index in [1.165, 1.54) is 0 Å². The molecule has 0 saturated carbocycles. The quantitative estimate of drug-likeness (QED) is 0.0811. The van der Waals surface area contributed by atoms with Crippen molar-refractivity contribution >= 4 is 86.0 Å². The molecule has 18 nitrogen and oxygen atoms in total. The fourth-order valence-electron chi connectivity index (χ4n) is 9.70. The van der Waals surface area contributed by atoms with Gasteiger partial charge in [-0.15, -0.1) is 0 Å². The first-order valence-electron chi connectivity index (χ1n) is 22.4. The summed E-state index contributed by atoms with van der Waals surface area (Å²) in [5, 5.41) is 17.8. The number of methoxy groups -OCH3 is 1. The summed E-state index contributed by atoms with van der Waals surface area (Å²) in [6, 6.07) is 7.63. The molecule has 4 aliphatic rings. The second kappa shape index (κ2) is 19.3. The predicted octanol–water partition coefficient (Wildman–Crippen LogP) is 5.81. The predicted molar refractivity (Wildman–Crippen MR) is 261 cm³/mol. The van der Waals surface area contributed by atoms with Crippen LogP contribution in [0.25, 0.3) is 22.2 Å². The van der Waals surface area contributed by atoms with Crippen LogP contribution in [0.1, 0.15) is 38.5 Å². The van der Waals surface area contributed by atoms with Crippen molar-refractivity contribution in [2.24, 2.45) is 13.0 Å². The highest BCUT2D eigenvalue weighted by molar-refractivity contribution is 9.10. The summed E-state index contributed by atoms with van der Waals surface area (Å²) in [5.74, 6) is 0.892. The maximum Gasteiger partial charge on any atom is 0.229 e. The lowest BCUT2D eigenvalue weighted by Crippen LogP contribution is -2.54. The van der Waals surface area contributed by atoms with Gasteiger partial charge in [0.1, 0.15) is 24.2 Å². The van der Waals surface area contributed by atoms with Crippen LogP contribution < -0.4 is 36.2 Å². The van der Waals surface area contributed by atoms with E-state index in [2.05, 4.69) is 74.3 Å². The minimum absolute atomic E-state index is 0.0410. The Morgan fingerprint density at radius 2 is 1.79 bits per heavy atom. The van der Waals surface area contributed by atoms with Gasteiger partial charge in [-0.05, 0) is 79.2 Å². The van der Waals surface area contributed by atoms with E-state index >= 15 is 0 Å². The van der Waals surface area contributed by atoms with Crippen LogP contribution >= 0.6 is 23.1 Å². The van der Waals surface area contributed by atoms with E-state index < -0.39 is 18.8 Å². The Balaban J connectivity index is 0.896. The molecule has 3 aromatic heterocycles. The molecule has 9 rings (SSSR count). The van der Waals surface area contributed by atoms with Gasteiger partial charge in [-0.1, -0.05) is 24.3 Å². The smallest absolute Gasteiger partial charge is 0.229 e. The number of ether oxygens (including phenoxy) is 2. The lowest BCUT2D eigenvalue weighted by molar-refractivity contribution is -0.151. The van der Waals surface area contributed by atoms with Gasteiger partial charge >= 0.3 is 0 Å². The van der Waals surface area contributed by atoms with Crippen molar-refractivity contribution in [2.75, 3.05) is 68.7 Å². The minimum atomic E-state index is -2.83. The van der Waals surface area contributed by atoms with E-state index in [1.54, 1.807) is 43.7 Å². The van der Waals surface area contributed by atoms with Crippen molar-refractivity contribution in [2.45, 2.75) is 56.3 Å². The van der Waals surface area contributed by atoms with Gasteiger partial charge in [0, 0.05) is 93.4 Å². The summed E-state index contributed by atoms with van der Waals surface area (Å²) in [4.78, 5) is 60.9. The standard InChI is InChI=1S/C47H54BrN12O6P/c1-58-28-29(26-53-58)33-24-37(55-46-52-27-34(48)45(57-46)54-36-9-8-35-43(51-15-14-50-35)44(36)67(3,4)64)39(65-2)25-38(33)59-16-18-60(19-17-59)42(63)21-31-20-30(10-13-49-31)47(11-6-5-7-12-47)66-32-22-40(61)56-41(62)23-32/h5-9,11,14-15,24-28,30-32,49H,10,12-13,16-23H2,1-4H3,(H,56,61,62)(H2,52,54,55,57). The number of piperazine rings is 1. The highest BCUT2D eigenvalue weighted by atomic mass is 79.9. The molecule has 67 heavy (non-hydrogen) atoms. The van der Waals surface area contributed by atoms with E-state index in [-0.39, 0.29) is 42.5 Å². The third-order valence-corrected chi connectivity index (χ3v) is 15.0. The van der Waals surface area contributed by atoms with Crippen LogP contribution in [0.15, 0.2) is 84.0 Å². The summed E-state index contributed by atoms with van der Waals surface area (Å²) < 4.78 is 28.6.